The van der Waals surface area contributed by atoms with Gasteiger partial charge in [-0.3, -0.25) is 18.7 Å². The SMILES string of the molecule is C=Cn1c(SCC(=O)Nc2ccccc2)nnc1-c1ccoc1.CC.CC(C)(C)n1c(SCC(=O)Nc2ccccc2)nnc1-c1ccoc1. The third-order valence-electron chi connectivity index (χ3n) is 6.49. The molecule has 2 N–H and O–H groups in total. The lowest BCUT2D eigenvalue weighted by Gasteiger charge is -2.24. The molecule has 0 aliphatic carbocycles. The number of para-hydroxylation sites is 2. The minimum Gasteiger partial charge on any atom is -0.472 e. The van der Waals surface area contributed by atoms with Crippen LogP contribution in [-0.4, -0.2) is 52.8 Å². The van der Waals surface area contributed by atoms with E-state index >= 15 is 0 Å². The van der Waals surface area contributed by atoms with Crippen molar-refractivity contribution in [1.29, 1.82) is 0 Å². The van der Waals surface area contributed by atoms with Crippen LogP contribution in [-0.2, 0) is 15.1 Å². The average molecular weight is 713 g/mol. The van der Waals surface area contributed by atoms with Crippen molar-refractivity contribution in [3.8, 4) is 22.8 Å². The fourth-order valence-corrected chi connectivity index (χ4v) is 6.02. The molecule has 260 valence electrons. The quantitative estimate of drug-likeness (QED) is 0.126. The molecule has 0 saturated carbocycles. The van der Waals surface area contributed by atoms with E-state index in [0.29, 0.717) is 16.1 Å². The van der Waals surface area contributed by atoms with Crippen LogP contribution >= 0.6 is 23.5 Å². The molecule has 0 aliphatic heterocycles. The zero-order chi connectivity index (χ0) is 35.9. The highest BCUT2D eigenvalue weighted by atomic mass is 32.2. The molecule has 4 aromatic heterocycles. The van der Waals surface area contributed by atoms with Crippen molar-refractivity contribution in [2.45, 2.75) is 50.5 Å². The first-order valence-corrected chi connectivity index (χ1v) is 17.7. The Labute approximate surface area is 299 Å². The van der Waals surface area contributed by atoms with Crippen LogP contribution in [0.25, 0.3) is 29.0 Å². The fraction of sp³-hybridized carbons (Fsp3) is 0.222. The minimum absolute atomic E-state index is 0.0791. The second-order valence-corrected chi connectivity index (χ2v) is 13.0. The summed E-state index contributed by atoms with van der Waals surface area (Å²) in [6.45, 7) is 14.0. The van der Waals surface area contributed by atoms with E-state index in [0.717, 1.165) is 28.3 Å². The van der Waals surface area contributed by atoms with E-state index in [1.807, 2.05) is 85.1 Å². The third kappa shape index (κ3) is 10.3. The first kappa shape index (κ1) is 37.5. The van der Waals surface area contributed by atoms with Gasteiger partial charge in [-0.2, -0.15) is 0 Å². The molecule has 6 rings (SSSR count). The number of carbonyl (C=O) groups excluding carboxylic acids is 2. The lowest BCUT2D eigenvalue weighted by atomic mass is 10.1. The summed E-state index contributed by atoms with van der Waals surface area (Å²) in [7, 11) is 0. The molecule has 0 saturated heterocycles. The van der Waals surface area contributed by atoms with E-state index in [1.165, 1.54) is 23.5 Å². The van der Waals surface area contributed by atoms with E-state index in [9.17, 15) is 9.59 Å². The third-order valence-corrected chi connectivity index (χ3v) is 8.36. The molecule has 0 bridgehead atoms. The number of hydrogen-bond acceptors (Lipinski definition) is 10. The van der Waals surface area contributed by atoms with Crippen LogP contribution in [0.15, 0.2) is 124 Å². The van der Waals surface area contributed by atoms with Gasteiger partial charge in [0.25, 0.3) is 0 Å². The zero-order valence-electron chi connectivity index (χ0n) is 28.6. The van der Waals surface area contributed by atoms with Crippen LogP contribution in [0.1, 0.15) is 34.6 Å². The fourth-order valence-electron chi connectivity index (χ4n) is 4.37. The van der Waals surface area contributed by atoms with Crippen LogP contribution in [0.4, 0.5) is 11.4 Å². The lowest BCUT2D eigenvalue weighted by molar-refractivity contribution is -0.114. The van der Waals surface area contributed by atoms with Gasteiger partial charge in [-0.25, -0.2) is 0 Å². The molecule has 0 spiro atoms. The average Bonchev–Trinajstić information content (AvgIpc) is 3.95. The summed E-state index contributed by atoms with van der Waals surface area (Å²) in [5.41, 5.74) is 2.99. The molecule has 0 radical (unpaired) electrons. The lowest BCUT2D eigenvalue weighted by Crippen LogP contribution is -2.24. The van der Waals surface area contributed by atoms with Crippen molar-refractivity contribution in [2.75, 3.05) is 22.1 Å². The Bertz CT molecular complexity index is 1920. The van der Waals surface area contributed by atoms with Crippen molar-refractivity contribution >= 4 is 52.9 Å². The standard InChI is InChI=1S/C18H20N4O2S.C16H14N4O2S.C2H6/c1-18(2,3)22-16(13-9-10-24-11-13)20-21-17(22)25-12-15(23)19-14-7-5-4-6-8-14;1-2-20-15(12-8-9-22-10-12)18-19-16(20)23-11-14(21)17-13-6-4-3-5-7-13;1-2/h4-11H,12H2,1-3H3,(H,19,23);2-10H,1,11H2,(H,17,21);1-2H3. The van der Waals surface area contributed by atoms with Crippen LogP contribution in [0, 0.1) is 0 Å². The number of benzene rings is 2. The number of nitrogens with zero attached hydrogens (tertiary/aromatic N) is 6. The normalized spacial score (nSPS) is 10.7. The Hall–Kier alpha value is -5.34. The Morgan fingerprint density at radius 2 is 1.18 bits per heavy atom. The molecular formula is C36H40N8O4S2. The monoisotopic (exact) mass is 712 g/mol. The number of aromatic nitrogens is 6. The van der Waals surface area contributed by atoms with E-state index in [1.54, 1.807) is 41.9 Å². The molecule has 6 aromatic rings. The maximum atomic E-state index is 12.2. The maximum absolute atomic E-state index is 12.2. The van der Waals surface area contributed by atoms with Gasteiger partial charge in [0.05, 0.1) is 35.2 Å². The molecular weight excluding hydrogens is 673 g/mol. The molecule has 2 amide bonds. The van der Waals surface area contributed by atoms with Crippen LogP contribution in [0.2, 0.25) is 0 Å². The first-order valence-electron chi connectivity index (χ1n) is 15.8. The Kier molecular flexibility index (Phi) is 13.8. The summed E-state index contributed by atoms with van der Waals surface area (Å²) in [5.74, 6) is 1.65. The van der Waals surface area contributed by atoms with Gasteiger partial charge in [-0.15, -0.1) is 20.4 Å². The topological polar surface area (TPSA) is 146 Å². The highest BCUT2D eigenvalue weighted by Gasteiger charge is 2.25. The van der Waals surface area contributed by atoms with Gasteiger partial charge in [-0.05, 0) is 57.2 Å². The predicted molar refractivity (Wildman–Crippen MR) is 200 cm³/mol. The number of furan rings is 2. The predicted octanol–water partition coefficient (Wildman–Crippen LogP) is 8.42. The number of amides is 2. The van der Waals surface area contributed by atoms with E-state index in [2.05, 4.69) is 58.4 Å². The minimum atomic E-state index is -0.228. The van der Waals surface area contributed by atoms with Gasteiger partial charge in [0, 0.05) is 23.1 Å². The summed E-state index contributed by atoms with van der Waals surface area (Å²) in [4.78, 5) is 24.2. The Balaban J connectivity index is 0.000000215. The van der Waals surface area contributed by atoms with Gasteiger partial charge in [0.15, 0.2) is 22.0 Å². The van der Waals surface area contributed by atoms with Gasteiger partial charge >= 0.3 is 0 Å². The van der Waals surface area contributed by atoms with Crippen LogP contribution < -0.4 is 10.6 Å². The van der Waals surface area contributed by atoms with E-state index in [-0.39, 0.29) is 28.9 Å². The van der Waals surface area contributed by atoms with Gasteiger partial charge in [-0.1, -0.05) is 80.3 Å². The largest absolute Gasteiger partial charge is 0.472 e. The Morgan fingerprint density at radius 3 is 1.64 bits per heavy atom. The summed E-state index contributed by atoms with van der Waals surface area (Å²) >= 11 is 2.66. The van der Waals surface area contributed by atoms with Crippen molar-refractivity contribution < 1.29 is 18.4 Å². The molecule has 0 fully saturated rings. The summed E-state index contributed by atoms with van der Waals surface area (Å²) in [5, 5.41) is 23.8. The van der Waals surface area contributed by atoms with Crippen molar-refractivity contribution in [3.63, 3.8) is 0 Å². The number of anilines is 2. The molecule has 0 aliphatic rings. The number of thioether (sulfide) groups is 2. The van der Waals surface area contributed by atoms with Gasteiger partial charge < -0.3 is 19.5 Å². The highest BCUT2D eigenvalue weighted by molar-refractivity contribution is 8.00. The smallest absolute Gasteiger partial charge is 0.234 e. The second-order valence-electron chi connectivity index (χ2n) is 11.1. The number of rotatable bonds is 11. The number of carbonyl (C=O) groups is 2. The van der Waals surface area contributed by atoms with E-state index in [4.69, 9.17) is 8.83 Å². The Morgan fingerprint density at radius 1 is 0.720 bits per heavy atom. The van der Waals surface area contributed by atoms with Crippen molar-refractivity contribution in [2.24, 2.45) is 0 Å². The molecule has 4 heterocycles. The van der Waals surface area contributed by atoms with Gasteiger partial charge in [0.1, 0.15) is 12.5 Å². The van der Waals surface area contributed by atoms with Crippen molar-refractivity contribution in [3.05, 3.63) is 104 Å². The first-order chi connectivity index (χ1) is 24.2. The number of hydrogen-bond donors (Lipinski definition) is 2. The summed E-state index contributed by atoms with van der Waals surface area (Å²) < 4.78 is 14.0. The highest BCUT2D eigenvalue weighted by Crippen LogP contribution is 2.31. The molecule has 50 heavy (non-hydrogen) atoms. The molecule has 12 nitrogen and oxygen atoms in total. The van der Waals surface area contributed by atoms with Crippen LogP contribution in [0.5, 0.6) is 0 Å². The zero-order valence-corrected chi connectivity index (χ0v) is 30.2. The van der Waals surface area contributed by atoms with E-state index < -0.39 is 0 Å². The summed E-state index contributed by atoms with van der Waals surface area (Å²) in [6, 6.07) is 22.4. The van der Waals surface area contributed by atoms with Crippen molar-refractivity contribution in [1.82, 2.24) is 29.5 Å². The number of nitrogens with one attached hydrogen (secondary N) is 2. The molecule has 2 aromatic carbocycles. The van der Waals surface area contributed by atoms with Gasteiger partial charge in [0.2, 0.25) is 11.8 Å². The molecule has 14 heteroatoms. The second kappa shape index (κ2) is 18.4. The summed E-state index contributed by atoms with van der Waals surface area (Å²) in [6.07, 6.45) is 8.01. The molecule has 0 unspecified atom stereocenters. The van der Waals surface area contributed by atoms with Crippen LogP contribution in [0.3, 0.4) is 0 Å². The molecule has 0 atom stereocenters. The maximum Gasteiger partial charge on any atom is 0.234 e.